The second kappa shape index (κ2) is 3.60. The molecule has 0 aliphatic heterocycles. The predicted octanol–water partition coefficient (Wildman–Crippen LogP) is 4.66. The van der Waals surface area contributed by atoms with E-state index in [-0.39, 0.29) is 14.5 Å². The van der Waals surface area contributed by atoms with Crippen LogP contribution >= 0.6 is 55.1 Å². The van der Waals surface area contributed by atoms with Crippen LogP contribution in [0.2, 0.25) is 10.0 Å². The summed E-state index contributed by atoms with van der Waals surface area (Å²) in [5.74, 6) is -0.550. The van der Waals surface area contributed by atoms with Crippen LogP contribution in [0.1, 0.15) is 0 Å². The van der Waals surface area contributed by atoms with Crippen LogP contribution in [0, 0.1) is 5.82 Å². The molecule has 0 N–H and O–H groups in total. The molecular formula is C6HBr2Cl2F. The first-order valence-electron chi connectivity index (χ1n) is 2.52. The molecule has 1 rings (SSSR count). The van der Waals surface area contributed by atoms with E-state index in [0.717, 1.165) is 0 Å². The maximum Gasteiger partial charge on any atom is 0.158 e. The number of benzene rings is 1. The standard InChI is InChI=1S/C6HBr2Cl2F/c7-2-1-3(9)5(10)6(11)4(2)8/h1H. The zero-order chi connectivity index (χ0) is 8.59. The molecule has 60 valence electrons. The van der Waals surface area contributed by atoms with Crippen LogP contribution in [0.4, 0.5) is 4.39 Å². The summed E-state index contributed by atoms with van der Waals surface area (Å²) in [6.07, 6.45) is 0. The van der Waals surface area contributed by atoms with E-state index >= 15 is 0 Å². The lowest BCUT2D eigenvalue weighted by Crippen LogP contribution is -1.82. The maximum atomic E-state index is 13.0. The van der Waals surface area contributed by atoms with E-state index in [0.29, 0.717) is 4.47 Å². The van der Waals surface area contributed by atoms with Crippen LogP contribution < -0.4 is 0 Å². The normalized spacial score (nSPS) is 10.3. The van der Waals surface area contributed by atoms with Crippen molar-refractivity contribution >= 4 is 55.1 Å². The summed E-state index contributed by atoms with van der Waals surface area (Å²) >= 11 is 17.2. The molecule has 0 aliphatic carbocycles. The largest absolute Gasteiger partial charge is 0.204 e. The second-order valence-electron chi connectivity index (χ2n) is 1.78. The van der Waals surface area contributed by atoms with Gasteiger partial charge in [0.25, 0.3) is 0 Å². The monoisotopic (exact) mass is 320 g/mol. The quantitative estimate of drug-likeness (QED) is 0.481. The molecule has 0 aromatic heterocycles. The Hall–Kier alpha value is 0.690. The zero-order valence-electron chi connectivity index (χ0n) is 4.97. The van der Waals surface area contributed by atoms with Crippen molar-refractivity contribution in [2.45, 2.75) is 0 Å². The first kappa shape index (κ1) is 9.78. The van der Waals surface area contributed by atoms with Crippen LogP contribution in [-0.2, 0) is 0 Å². The number of hydrogen-bond donors (Lipinski definition) is 0. The highest BCUT2D eigenvalue weighted by molar-refractivity contribution is 9.13. The molecular weight excluding hydrogens is 322 g/mol. The van der Waals surface area contributed by atoms with Gasteiger partial charge in [-0.2, -0.15) is 0 Å². The van der Waals surface area contributed by atoms with Gasteiger partial charge in [0.1, 0.15) is 0 Å². The van der Waals surface area contributed by atoms with E-state index in [1.54, 1.807) is 0 Å². The first-order valence-corrected chi connectivity index (χ1v) is 4.86. The Morgan fingerprint density at radius 3 is 2.36 bits per heavy atom. The Bertz CT molecular complexity index is 275. The lowest BCUT2D eigenvalue weighted by atomic mass is 10.3. The first-order chi connectivity index (χ1) is 5.04. The summed E-state index contributed by atoms with van der Waals surface area (Å²) in [5.41, 5.74) is 0. The van der Waals surface area contributed by atoms with Crippen LogP contribution in [0.3, 0.4) is 0 Å². The van der Waals surface area contributed by atoms with Gasteiger partial charge < -0.3 is 0 Å². The van der Waals surface area contributed by atoms with Gasteiger partial charge in [-0.25, -0.2) is 4.39 Å². The molecule has 1 aromatic carbocycles. The van der Waals surface area contributed by atoms with Gasteiger partial charge in [-0.15, -0.1) is 0 Å². The molecule has 0 saturated heterocycles. The van der Waals surface area contributed by atoms with E-state index < -0.39 is 5.82 Å². The maximum absolute atomic E-state index is 13.0. The van der Waals surface area contributed by atoms with Crippen molar-refractivity contribution in [2.75, 3.05) is 0 Å². The van der Waals surface area contributed by atoms with E-state index in [9.17, 15) is 4.39 Å². The summed E-state index contributed by atoms with van der Waals surface area (Å²) in [6.45, 7) is 0. The predicted molar refractivity (Wildman–Crippen MR) is 51.8 cm³/mol. The van der Waals surface area contributed by atoms with E-state index in [1.807, 2.05) is 0 Å². The smallest absolute Gasteiger partial charge is 0.158 e. The van der Waals surface area contributed by atoms with E-state index in [2.05, 4.69) is 31.9 Å². The average molecular weight is 323 g/mol. The molecule has 0 nitrogen and oxygen atoms in total. The molecule has 0 unspecified atom stereocenters. The lowest BCUT2D eigenvalue weighted by Gasteiger charge is -2.01. The van der Waals surface area contributed by atoms with Crippen molar-refractivity contribution in [3.63, 3.8) is 0 Å². The Kier molecular flexibility index (Phi) is 3.20. The van der Waals surface area contributed by atoms with Crippen molar-refractivity contribution in [1.29, 1.82) is 0 Å². The Morgan fingerprint density at radius 2 is 1.82 bits per heavy atom. The third-order valence-corrected chi connectivity index (χ3v) is 3.76. The zero-order valence-corrected chi connectivity index (χ0v) is 9.65. The highest BCUT2D eigenvalue weighted by Crippen LogP contribution is 2.35. The minimum Gasteiger partial charge on any atom is -0.204 e. The Balaban J connectivity index is 3.46. The van der Waals surface area contributed by atoms with Gasteiger partial charge in [0.15, 0.2) is 5.82 Å². The SMILES string of the molecule is Fc1c(Cl)c(Cl)cc(Br)c1Br. The van der Waals surface area contributed by atoms with Crippen LogP contribution in [0.5, 0.6) is 0 Å². The molecule has 1 aromatic rings. The molecule has 0 atom stereocenters. The summed E-state index contributed by atoms with van der Waals surface area (Å²) in [4.78, 5) is 0. The van der Waals surface area contributed by atoms with Gasteiger partial charge in [0.05, 0.1) is 14.5 Å². The number of halogens is 5. The molecule has 0 fully saturated rings. The van der Waals surface area contributed by atoms with E-state index in [1.165, 1.54) is 6.07 Å². The average Bonchev–Trinajstić information content (AvgIpc) is 1.97. The van der Waals surface area contributed by atoms with Crippen molar-refractivity contribution < 1.29 is 4.39 Å². The van der Waals surface area contributed by atoms with Crippen LogP contribution in [-0.4, -0.2) is 0 Å². The second-order valence-corrected chi connectivity index (χ2v) is 4.21. The molecule has 0 saturated carbocycles. The van der Waals surface area contributed by atoms with Gasteiger partial charge in [-0.3, -0.25) is 0 Å². The minimum atomic E-state index is -0.550. The van der Waals surface area contributed by atoms with Crippen LogP contribution in [0.15, 0.2) is 15.0 Å². The van der Waals surface area contributed by atoms with Crippen molar-refractivity contribution in [3.8, 4) is 0 Å². The summed E-state index contributed by atoms with van der Waals surface area (Å²) in [7, 11) is 0. The molecule has 0 amide bonds. The Morgan fingerprint density at radius 1 is 1.27 bits per heavy atom. The van der Waals surface area contributed by atoms with Crippen molar-refractivity contribution in [1.82, 2.24) is 0 Å². The van der Waals surface area contributed by atoms with Gasteiger partial charge in [-0.05, 0) is 37.9 Å². The number of rotatable bonds is 0. The fourth-order valence-corrected chi connectivity index (χ4v) is 1.85. The fourth-order valence-electron chi connectivity index (χ4n) is 0.544. The summed E-state index contributed by atoms with van der Waals surface area (Å²) < 4.78 is 13.8. The highest BCUT2D eigenvalue weighted by Gasteiger charge is 2.11. The molecule has 0 aliphatic rings. The third kappa shape index (κ3) is 1.89. The Labute approximate surface area is 89.9 Å². The van der Waals surface area contributed by atoms with Gasteiger partial charge >= 0.3 is 0 Å². The summed E-state index contributed by atoms with van der Waals surface area (Å²) in [5, 5.41) is 0.126. The topological polar surface area (TPSA) is 0 Å². The van der Waals surface area contributed by atoms with Gasteiger partial charge in [0, 0.05) is 4.47 Å². The van der Waals surface area contributed by atoms with Crippen molar-refractivity contribution in [3.05, 3.63) is 30.9 Å². The lowest BCUT2D eigenvalue weighted by molar-refractivity contribution is 0.620. The van der Waals surface area contributed by atoms with Gasteiger partial charge in [-0.1, -0.05) is 23.2 Å². The van der Waals surface area contributed by atoms with Crippen LogP contribution in [0.25, 0.3) is 0 Å². The van der Waals surface area contributed by atoms with E-state index in [4.69, 9.17) is 23.2 Å². The molecule has 0 radical (unpaired) electrons. The molecule has 5 heteroatoms. The number of hydrogen-bond acceptors (Lipinski definition) is 0. The molecule has 0 bridgehead atoms. The van der Waals surface area contributed by atoms with Gasteiger partial charge in [0.2, 0.25) is 0 Å². The molecule has 11 heavy (non-hydrogen) atoms. The molecule has 0 spiro atoms. The molecule has 0 heterocycles. The highest BCUT2D eigenvalue weighted by atomic mass is 79.9. The summed E-state index contributed by atoms with van der Waals surface area (Å²) in [6, 6.07) is 1.52. The fraction of sp³-hybridized carbons (Fsp3) is 0. The third-order valence-electron chi connectivity index (χ3n) is 1.06. The minimum absolute atomic E-state index is 0.0678. The van der Waals surface area contributed by atoms with Crippen molar-refractivity contribution in [2.24, 2.45) is 0 Å².